The number of carbonyl (C=O) groups excluding carboxylic acids is 1. The van der Waals surface area contributed by atoms with E-state index in [0.717, 1.165) is 70.9 Å². The summed E-state index contributed by atoms with van der Waals surface area (Å²) in [5.41, 5.74) is 1.46. The zero-order valence-electron chi connectivity index (χ0n) is 16.9. The fourth-order valence-electron chi connectivity index (χ4n) is 4.35. The van der Waals surface area contributed by atoms with Gasteiger partial charge in [-0.15, -0.1) is 0 Å². The van der Waals surface area contributed by atoms with Crippen molar-refractivity contribution in [2.24, 2.45) is 10.9 Å². The van der Waals surface area contributed by atoms with Crippen LogP contribution in [0.1, 0.15) is 51.0 Å². The highest BCUT2D eigenvalue weighted by Gasteiger charge is 2.28. The summed E-state index contributed by atoms with van der Waals surface area (Å²) in [6.07, 6.45) is 3.84. The molecule has 5 heteroatoms. The molecule has 0 aromatic heterocycles. The number of guanidine groups is 1. The molecule has 3 rings (SSSR count). The van der Waals surface area contributed by atoms with Crippen LogP contribution in [-0.4, -0.2) is 60.9 Å². The van der Waals surface area contributed by atoms with E-state index in [2.05, 4.69) is 54.4 Å². The first-order valence-electron chi connectivity index (χ1n) is 10.5. The molecule has 1 amide bonds. The SMILES string of the molecule is CCNC(=NCCCN1CCCC1=O)N1CCC(c2ccccc2)C(C)C1. The highest BCUT2D eigenvalue weighted by atomic mass is 16.2. The Hall–Kier alpha value is -2.04. The van der Waals surface area contributed by atoms with Gasteiger partial charge in [0.15, 0.2) is 5.96 Å². The van der Waals surface area contributed by atoms with Crippen molar-refractivity contribution in [3.05, 3.63) is 35.9 Å². The molecule has 2 aliphatic heterocycles. The number of amides is 1. The van der Waals surface area contributed by atoms with Gasteiger partial charge in [0.05, 0.1) is 0 Å². The first-order chi connectivity index (χ1) is 13.2. The zero-order valence-corrected chi connectivity index (χ0v) is 16.9. The van der Waals surface area contributed by atoms with Crippen LogP contribution in [0.3, 0.4) is 0 Å². The van der Waals surface area contributed by atoms with E-state index >= 15 is 0 Å². The normalized spacial score (nSPS) is 23.8. The minimum Gasteiger partial charge on any atom is -0.357 e. The Morgan fingerprint density at radius 2 is 2.07 bits per heavy atom. The Bertz CT molecular complexity index is 630. The van der Waals surface area contributed by atoms with Crippen molar-refractivity contribution in [2.75, 3.05) is 39.3 Å². The zero-order chi connectivity index (χ0) is 19.1. The molecule has 1 aromatic carbocycles. The number of hydrogen-bond acceptors (Lipinski definition) is 2. The Morgan fingerprint density at radius 1 is 1.26 bits per heavy atom. The van der Waals surface area contributed by atoms with Crippen molar-refractivity contribution in [2.45, 2.75) is 45.4 Å². The van der Waals surface area contributed by atoms with Gasteiger partial charge in [0, 0.05) is 45.7 Å². The van der Waals surface area contributed by atoms with Crippen molar-refractivity contribution >= 4 is 11.9 Å². The maximum atomic E-state index is 11.7. The molecule has 2 unspecified atom stereocenters. The molecule has 2 fully saturated rings. The lowest BCUT2D eigenvalue weighted by molar-refractivity contribution is -0.127. The molecule has 0 spiro atoms. The van der Waals surface area contributed by atoms with Gasteiger partial charge in [0.1, 0.15) is 0 Å². The fourth-order valence-corrected chi connectivity index (χ4v) is 4.35. The standard InChI is InChI=1S/C22H34N4O/c1-3-23-22(24-13-8-15-25-14-7-11-21(25)27)26-16-12-20(18(2)17-26)19-9-5-4-6-10-19/h4-6,9-10,18,20H,3,7-8,11-17H2,1-2H3,(H,23,24). The molecule has 2 heterocycles. The summed E-state index contributed by atoms with van der Waals surface area (Å²) in [6.45, 7) is 9.98. The third-order valence-electron chi connectivity index (χ3n) is 5.79. The molecule has 2 atom stereocenters. The number of likely N-dealkylation sites (tertiary alicyclic amines) is 2. The number of rotatable bonds is 6. The maximum Gasteiger partial charge on any atom is 0.222 e. The van der Waals surface area contributed by atoms with E-state index in [0.29, 0.717) is 17.7 Å². The second-order valence-corrected chi connectivity index (χ2v) is 7.80. The average Bonchev–Trinajstić information content (AvgIpc) is 3.09. The van der Waals surface area contributed by atoms with Crippen molar-refractivity contribution in [3.8, 4) is 0 Å². The molecule has 148 valence electrons. The predicted octanol–water partition coefficient (Wildman–Crippen LogP) is 3.09. The molecule has 0 bridgehead atoms. The molecular formula is C22H34N4O. The summed E-state index contributed by atoms with van der Waals surface area (Å²) >= 11 is 0. The summed E-state index contributed by atoms with van der Waals surface area (Å²) in [5.74, 6) is 2.57. The van der Waals surface area contributed by atoms with E-state index in [1.54, 1.807) is 0 Å². The van der Waals surface area contributed by atoms with E-state index in [-0.39, 0.29) is 0 Å². The van der Waals surface area contributed by atoms with E-state index < -0.39 is 0 Å². The number of nitrogens with one attached hydrogen (secondary N) is 1. The Kier molecular flexibility index (Phi) is 7.13. The first-order valence-corrected chi connectivity index (χ1v) is 10.5. The van der Waals surface area contributed by atoms with Gasteiger partial charge in [-0.05, 0) is 43.6 Å². The van der Waals surface area contributed by atoms with Crippen LogP contribution in [0, 0.1) is 5.92 Å². The lowest BCUT2D eigenvalue weighted by Gasteiger charge is -2.39. The minimum absolute atomic E-state index is 0.308. The molecule has 0 aliphatic carbocycles. The van der Waals surface area contributed by atoms with E-state index in [1.165, 1.54) is 5.56 Å². The Morgan fingerprint density at radius 3 is 2.74 bits per heavy atom. The quantitative estimate of drug-likeness (QED) is 0.476. The van der Waals surface area contributed by atoms with Crippen LogP contribution in [0.15, 0.2) is 35.3 Å². The summed E-state index contributed by atoms with van der Waals surface area (Å²) in [7, 11) is 0. The van der Waals surface area contributed by atoms with E-state index in [4.69, 9.17) is 4.99 Å². The molecular weight excluding hydrogens is 336 g/mol. The summed E-state index contributed by atoms with van der Waals surface area (Å²) in [5, 5.41) is 3.46. The van der Waals surface area contributed by atoms with Crippen LogP contribution in [0.5, 0.6) is 0 Å². The topological polar surface area (TPSA) is 47.9 Å². The highest BCUT2D eigenvalue weighted by Crippen LogP contribution is 2.32. The molecule has 1 aromatic rings. The van der Waals surface area contributed by atoms with Gasteiger partial charge in [0.25, 0.3) is 0 Å². The largest absolute Gasteiger partial charge is 0.357 e. The van der Waals surface area contributed by atoms with Crippen molar-refractivity contribution in [1.82, 2.24) is 15.1 Å². The Balaban J connectivity index is 1.53. The molecule has 2 saturated heterocycles. The lowest BCUT2D eigenvalue weighted by atomic mass is 9.82. The lowest BCUT2D eigenvalue weighted by Crippen LogP contribution is -2.48. The average molecular weight is 371 g/mol. The monoisotopic (exact) mass is 370 g/mol. The smallest absolute Gasteiger partial charge is 0.222 e. The summed E-state index contributed by atoms with van der Waals surface area (Å²) in [6, 6.07) is 10.9. The number of carbonyl (C=O) groups is 1. The second-order valence-electron chi connectivity index (χ2n) is 7.80. The van der Waals surface area contributed by atoms with Gasteiger partial charge in [-0.1, -0.05) is 37.3 Å². The van der Waals surface area contributed by atoms with Crippen LogP contribution >= 0.6 is 0 Å². The fraction of sp³-hybridized carbons (Fsp3) is 0.636. The van der Waals surface area contributed by atoms with Gasteiger partial charge < -0.3 is 15.1 Å². The molecule has 0 saturated carbocycles. The van der Waals surface area contributed by atoms with E-state index in [1.807, 2.05) is 4.90 Å². The number of aliphatic imine (C=N–C) groups is 1. The minimum atomic E-state index is 0.308. The van der Waals surface area contributed by atoms with Gasteiger partial charge in [0.2, 0.25) is 5.91 Å². The summed E-state index contributed by atoms with van der Waals surface area (Å²) < 4.78 is 0. The van der Waals surface area contributed by atoms with Crippen LogP contribution < -0.4 is 5.32 Å². The number of hydrogen-bond donors (Lipinski definition) is 1. The first kappa shape index (κ1) is 19.7. The van der Waals surface area contributed by atoms with Crippen LogP contribution in [0.2, 0.25) is 0 Å². The van der Waals surface area contributed by atoms with Gasteiger partial charge in [-0.3, -0.25) is 9.79 Å². The number of nitrogens with zero attached hydrogens (tertiary/aromatic N) is 3. The van der Waals surface area contributed by atoms with Gasteiger partial charge in [-0.25, -0.2) is 0 Å². The van der Waals surface area contributed by atoms with Crippen molar-refractivity contribution in [3.63, 3.8) is 0 Å². The van der Waals surface area contributed by atoms with Crippen molar-refractivity contribution < 1.29 is 4.79 Å². The van der Waals surface area contributed by atoms with Crippen LogP contribution in [0.25, 0.3) is 0 Å². The predicted molar refractivity (Wildman–Crippen MR) is 111 cm³/mol. The highest BCUT2D eigenvalue weighted by molar-refractivity contribution is 5.80. The Labute approximate surface area is 163 Å². The van der Waals surface area contributed by atoms with E-state index in [9.17, 15) is 4.79 Å². The summed E-state index contributed by atoms with van der Waals surface area (Å²) in [4.78, 5) is 20.9. The van der Waals surface area contributed by atoms with Gasteiger partial charge >= 0.3 is 0 Å². The van der Waals surface area contributed by atoms with Crippen LogP contribution in [-0.2, 0) is 4.79 Å². The molecule has 5 nitrogen and oxygen atoms in total. The number of benzene rings is 1. The number of piperidine rings is 1. The molecule has 0 radical (unpaired) electrons. The molecule has 27 heavy (non-hydrogen) atoms. The maximum absolute atomic E-state index is 11.7. The van der Waals surface area contributed by atoms with Crippen LogP contribution in [0.4, 0.5) is 0 Å². The van der Waals surface area contributed by atoms with Gasteiger partial charge in [-0.2, -0.15) is 0 Å². The molecule has 1 N–H and O–H groups in total. The van der Waals surface area contributed by atoms with Crippen molar-refractivity contribution in [1.29, 1.82) is 0 Å². The third kappa shape index (κ3) is 5.24. The third-order valence-corrected chi connectivity index (χ3v) is 5.79. The second kappa shape index (κ2) is 9.77. The molecule has 2 aliphatic rings.